The number of aryl methyl sites for hydroxylation is 1. The van der Waals surface area contributed by atoms with Gasteiger partial charge in [0.1, 0.15) is 23.4 Å². The minimum Gasteiger partial charge on any atom is -0.507 e. The zero-order valence-corrected chi connectivity index (χ0v) is 47.2. The number of aliphatic hydroxyl groups is 1. The van der Waals surface area contributed by atoms with Gasteiger partial charge in [0.15, 0.2) is 17.4 Å². The number of nitrogens with one attached hydrogen (secondary N) is 1. The second-order valence-corrected chi connectivity index (χ2v) is 24.4. The second-order valence-electron chi connectivity index (χ2n) is 23.5. The molecule has 0 bridgehead atoms. The predicted octanol–water partition coefficient (Wildman–Crippen LogP) is 8.36. The van der Waals surface area contributed by atoms with E-state index in [0.717, 1.165) is 125 Å². The average Bonchev–Trinajstić information content (AvgIpc) is 4.35. The highest BCUT2D eigenvalue weighted by Gasteiger charge is 2.44. The first-order valence-electron chi connectivity index (χ1n) is 28.8. The van der Waals surface area contributed by atoms with Crippen molar-refractivity contribution >= 4 is 34.8 Å². The van der Waals surface area contributed by atoms with Crippen LogP contribution in [0.15, 0.2) is 83.1 Å². The number of nitrogens with two attached hydrogens (primary N) is 1. The van der Waals surface area contributed by atoms with Gasteiger partial charge in [-0.15, -0.1) is 21.5 Å². The maximum Gasteiger partial charge on any atom is 0.243 e. The molecular formula is C60H78N12O6S. The molecule has 11 rings (SSSR count). The highest BCUT2D eigenvalue weighted by molar-refractivity contribution is 7.13. The van der Waals surface area contributed by atoms with Gasteiger partial charge in [-0.1, -0.05) is 62.3 Å². The number of anilines is 2. The van der Waals surface area contributed by atoms with Gasteiger partial charge in [0.25, 0.3) is 0 Å². The zero-order chi connectivity index (χ0) is 54.9. The topological polar surface area (TPSA) is 217 Å². The first-order chi connectivity index (χ1) is 38.2. The Labute approximate surface area is 467 Å². The predicted molar refractivity (Wildman–Crippen MR) is 305 cm³/mol. The van der Waals surface area contributed by atoms with E-state index in [2.05, 4.69) is 58.6 Å². The van der Waals surface area contributed by atoms with Crippen LogP contribution < -0.4 is 16.0 Å². The van der Waals surface area contributed by atoms with Crippen molar-refractivity contribution in [2.75, 3.05) is 63.0 Å². The summed E-state index contributed by atoms with van der Waals surface area (Å²) < 4.78 is 14.5. The van der Waals surface area contributed by atoms with Gasteiger partial charge in [0.2, 0.25) is 11.8 Å². The van der Waals surface area contributed by atoms with E-state index >= 15 is 0 Å². The number of carbonyl (C=O) groups is 2. The third-order valence-electron chi connectivity index (χ3n) is 18.0. The summed E-state index contributed by atoms with van der Waals surface area (Å²) in [5, 5.41) is 41.9. The number of nitrogens with zero attached hydrogens (tertiary/aromatic N) is 10. The molecule has 0 radical (unpaired) electrons. The van der Waals surface area contributed by atoms with E-state index in [1.54, 1.807) is 33.1 Å². The molecule has 0 spiro atoms. The number of aromatic nitrogens is 6. The molecule has 420 valence electrons. The summed E-state index contributed by atoms with van der Waals surface area (Å²) in [5.74, 6) is 1.94. The summed E-state index contributed by atoms with van der Waals surface area (Å²) in [7, 11) is 0. The number of thiazole rings is 1. The van der Waals surface area contributed by atoms with Gasteiger partial charge in [-0.2, -0.15) is 5.10 Å². The first-order valence-corrected chi connectivity index (χ1v) is 29.7. The Kier molecular flexibility index (Phi) is 16.5. The maximum atomic E-state index is 14.4. The Balaban J connectivity index is 0.586. The average molecular weight is 1100 g/mol. The van der Waals surface area contributed by atoms with Crippen molar-refractivity contribution < 1.29 is 29.1 Å². The molecule has 5 aliphatic rings. The molecule has 4 aromatic heterocycles. The fourth-order valence-corrected chi connectivity index (χ4v) is 13.8. The molecule has 1 saturated carbocycles. The van der Waals surface area contributed by atoms with Crippen molar-refractivity contribution in [3.8, 4) is 33.1 Å². The Bertz CT molecular complexity index is 3020. The standard InChI is InChI=1S/C60H78N12O6S/c1-36(2)56(60(76)71-34-46(73)28-52(71)59(75)64-38(4)42-10-12-43(13-11-42)57-39(5)62-35-79-57)54-30-55(67-78-54)70-22-14-40(15-23-70)32-68-20-18-47(19-21-68)77-48-26-45(27-48)69-24-16-41(17-25-69)37(3)44-31-63-72(33-44)51-29-50(65-66-58(51)61)49-8-6-7-9-53(49)74/h6-13,29-31,33,35-38,40-41,45-48,52,56,73-74H,14-28,32,34H2,1-5H3,(H2,61,66)(H,64,75)/t37-,38-,45-,46+,48-,52-,56+/m0/s1. The van der Waals surface area contributed by atoms with Crippen LogP contribution in [0.3, 0.4) is 0 Å². The van der Waals surface area contributed by atoms with Crippen molar-refractivity contribution in [1.29, 1.82) is 0 Å². The largest absolute Gasteiger partial charge is 0.507 e. The van der Waals surface area contributed by atoms with E-state index in [0.29, 0.717) is 58.7 Å². The van der Waals surface area contributed by atoms with Crippen molar-refractivity contribution in [1.82, 2.24) is 50.1 Å². The van der Waals surface area contributed by atoms with Gasteiger partial charge in [-0.3, -0.25) is 9.59 Å². The molecule has 5 atom stereocenters. The van der Waals surface area contributed by atoms with Crippen LogP contribution in [0.25, 0.3) is 27.4 Å². The molecule has 8 heterocycles. The van der Waals surface area contributed by atoms with Crippen LogP contribution in [-0.4, -0.2) is 150 Å². The molecule has 0 unspecified atom stereocenters. The van der Waals surface area contributed by atoms with Crippen LogP contribution in [0.5, 0.6) is 5.75 Å². The van der Waals surface area contributed by atoms with E-state index in [9.17, 15) is 19.8 Å². The SMILES string of the molecule is Cc1ncsc1-c1ccc([C@H](C)NC(=O)[C@@H]2C[C@@H](O)CN2C(=O)[C@@H](c2cc(N3CCC(CN4CCC(O[C@H]5C[C@H](N6CCC([C@H](C)c7cnn(-c8cc(-c9ccccc9O)nnc8N)c7)CC6)C5)CC4)CC3)no2)C(C)C)cc1. The third kappa shape index (κ3) is 12.1. The number of hydrogen-bond donors (Lipinski definition) is 4. The number of phenols is 1. The summed E-state index contributed by atoms with van der Waals surface area (Å²) in [5.41, 5.74) is 14.1. The summed E-state index contributed by atoms with van der Waals surface area (Å²) >= 11 is 1.60. The van der Waals surface area contributed by atoms with E-state index < -0.39 is 18.1 Å². The highest BCUT2D eigenvalue weighted by atomic mass is 32.1. The number of amides is 2. The lowest BCUT2D eigenvalue weighted by atomic mass is 9.80. The molecule has 1 aliphatic carbocycles. The number of hydrogen-bond acceptors (Lipinski definition) is 16. The Morgan fingerprint density at radius 3 is 2.34 bits per heavy atom. The number of phenolic OH excluding ortho intramolecular Hbond substituents is 1. The van der Waals surface area contributed by atoms with Crippen LogP contribution in [0.1, 0.15) is 126 Å². The van der Waals surface area contributed by atoms with Crippen molar-refractivity contribution in [2.24, 2.45) is 17.8 Å². The first kappa shape index (κ1) is 54.7. The summed E-state index contributed by atoms with van der Waals surface area (Å²) in [4.78, 5) is 42.9. The monoisotopic (exact) mass is 1090 g/mol. The van der Waals surface area contributed by atoms with E-state index in [1.165, 1.54) is 5.56 Å². The molecule has 2 amide bonds. The number of nitrogen functional groups attached to an aromatic ring is 1. The lowest BCUT2D eigenvalue weighted by Crippen LogP contribution is -2.52. The quantitative estimate of drug-likeness (QED) is 0.0675. The Morgan fingerprint density at radius 2 is 1.63 bits per heavy atom. The Hall–Kier alpha value is -6.25. The lowest BCUT2D eigenvalue weighted by molar-refractivity contribution is -0.141. The van der Waals surface area contributed by atoms with Gasteiger partial charge >= 0.3 is 0 Å². The minimum absolute atomic E-state index is 0.0905. The Morgan fingerprint density at radius 1 is 0.886 bits per heavy atom. The van der Waals surface area contributed by atoms with Gasteiger partial charge < -0.3 is 50.1 Å². The number of aromatic hydroxyl groups is 1. The van der Waals surface area contributed by atoms with Gasteiger partial charge in [-0.25, -0.2) is 9.67 Å². The molecule has 5 N–H and O–H groups in total. The number of rotatable bonds is 17. The van der Waals surface area contributed by atoms with E-state index in [1.807, 2.05) is 87.9 Å². The van der Waals surface area contributed by atoms with Crippen molar-refractivity contribution in [3.05, 3.63) is 101 Å². The molecule has 6 aromatic rings. The van der Waals surface area contributed by atoms with Gasteiger partial charge in [-0.05, 0) is 137 Å². The molecule has 19 heteroatoms. The molecule has 79 heavy (non-hydrogen) atoms. The van der Waals surface area contributed by atoms with E-state index in [4.69, 9.17) is 15.0 Å². The highest BCUT2D eigenvalue weighted by Crippen LogP contribution is 2.39. The third-order valence-corrected chi connectivity index (χ3v) is 19.0. The number of para-hydroxylation sites is 1. The molecule has 2 aromatic carbocycles. The van der Waals surface area contributed by atoms with Crippen LogP contribution in [0.4, 0.5) is 11.6 Å². The molecular weight excluding hydrogens is 1020 g/mol. The number of aliphatic hydroxyl groups excluding tert-OH is 1. The lowest BCUT2D eigenvalue weighted by Gasteiger charge is -2.47. The molecule has 5 fully saturated rings. The smallest absolute Gasteiger partial charge is 0.243 e. The van der Waals surface area contributed by atoms with E-state index in [-0.39, 0.29) is 48.3 Å². The fourth-order valence-electron chi connectivity index (χ4n) is 13.0. The van der Waals surface area contributed by atoms with Crippen molar-refractivity contribution in [3.63, 3.8) is 0 Å². The summed E-state index contributed by atoms with van der Waals surface area (Å²) in [6, 6.07) is 18.5. The van der Waals surface area contributed by atoms with Gasteiger partial charge in [0, 0.05) is 69.6 Å². The van der Waals surface area contributed by atoms with Crippen LogP contribution in [0.2, 0.25) is 0 Å². The second kappa shape index (κ2) is 23.8. The number of ether oxygens (including phenoxy) is 1. The normalized spacial score (nSPS) is 23.2. The molecule has 4 aliphatic heterocycles. The molecule has 18 nitrogen and oxygen atoms in total. The van der Waals surface area contributed by atoms with Crippen molar-refractivity contribution in [2.45, 2.75) is 141 Å². The number of β-amino-alcohol motifs (C(OH)–C–C–N with tert-alkyl or cyclic N) is 1. The number of likely N-dealkylation sites (tertiary alicyclic amines) is 3. The van der Waals surface area contributed by atoms with Gasteiger partial charge in [0.05, 0.1) is 52.3 Å². The van der Waals surface area contributed by atoms with Crippen LogP contribution >= 0.6 is 11.3 Å². The number of carbonyl (C=O) groups excluding carboxylic acids is 2. The maximum absolute atomic E-state index is 14.4. The summed E-state index contributed by atoms with van der Waals surface area (Å²) in [6.45, 7) is 17.5. The minimum atomic E-state index is -0.797. The van der Waals surface area contributed by atoms with Crippen LogP contribution in [-0.2, 0) is 14.3 Å². The molecule has 4 saturated heterocycles. The van der Waals surface area contributed by atoms with Crippen LogP contribution in [0, 0.1) is 24.7 Å². The zero-order valence-electron chi connectivity index (χ0n) is 46.4. The summed E-state index contributed by atoms with van der Waals surface area (Å²) in [6.07, 6.45) is 13.0. The number of benzene rings is 2. The fraction of sp³-hybridized carbons (Fsp3) is 0.550. The number of piperidine rings is 3.